The molecule has 0 aliphatic carbocycles. The summed E-state index contributed by atoms with van der Waals surface area (Å²) in [5.74, 6) is -1.59. The minimum Gasteiger partial charge on any atom is -0.504 e. The molecule has 0 aliphatic rings. The third kappa shape index (κ3) is 3.51. The van der Waals surface area contributed by atoms with Gasteiger partial charge in [0.25, 0.3) is 0 Å². The number of rotatable bonds is 5. The highest BCUT2D eigenvalue weighted by Crippen LogP contribution is 2.37. The number of aryl methyl sites for hydroxylation is 1. The third-order valence-electron chi connectivity index (χ3n) is 3.59. The number of carbonyl (C=O) groups is 1. The molecule has 0 saturated carbocycles. The molecule has 0 radical (unpaired) electrons. The fraction of sp³-hybridized carbons (Fsp3) is 0.294. The van der Waals surface area contributed by atoms with E-state index in [0.717, 1.165) is 6.07 Å². The molecule has 0 amide bonds. The molecule has 2 aromatic rings. The van der Waals surface area contributed by atoms with E-state index in [4.69, 9.17) is 9.15 Å². The largest absolute Gasteiger partial charge is 0.504 e. The van der Waals surface area contributed by atoms with Crippen LogP contribution in [0.2, 0.25) is 0 Å². The Kier molecular flexibility index (Phi) is 5.13. The van der Waals surface area contributed by atoms with Gasteiger partial charge in [-0.2, -0.15) is 0 Å². The Morgan fingerprint density at radius 2 is 1.96 bits per heavy atom. The molecule has 1 atom stereocenters. The SMILES string of the molecule is COC(=O)C[C@@H](c1ccc(OC)c(O)c1)c1oc(C)cc(=O)c1O. The van der Waals surface area contributed by atoms with Gasteiger partial charge in [-0.1, -0.05) is 6.07 Å². The molecule has 0 bridgehead atoms. The lowest BCUT2D eigenvalue weighted by atomic mass is 9.92. The second-order valence-electron chi connectivity index (χ2n) is 5.20. The lowest BCUT2D eigenvalue weighted by Crippen LogP contribution is -2.13. The Hall–Kier alpha value is -2.96. The number of hydrogen-bond donors (Lipinski definition) is 2. The molecule has 0 spiro atoms. The van der Waals surface area contributed by atoms with Crippen LogP contribution in [0, 0.1) is 6.92 Å². The van der Waals surface area contributed by atoms with Crippen LogP contribution in [0.1, 0.15) is 29.4 Å². The maximum Gasteiger partial charge on any atom is 0.306 e. The Morgan fingerprint density at radius 3 is 2.54 bits per heavy atom. The molecule has 128 valence electrons. The van der Waals surface area contributed by atoms with Crippen LogP contribution in [-0.2, 0) is 9.53 Å². The van der Waals surface area contributed by atoms with E-state index in [2.05, 4.69) is 4.74 Å². The Bertz CT molecular complexity index is 807. The number of hydrogen-bond acceptors (Lipinski definition) is 7. The number of methoxy groups -OCH3 is 2. The number of carbonyl (C=O) groups excluding carboxylic acids is 1. The van der Waals surface area contributed by atoms with Crippen LogP contribution in [0.15, 0.2) is 33.5 Å². The Balaban J connectivity index is 2.59. The number of aromatic hydroxyl groups is 2. The predicted molar refractivity (Wildman–Crippen MR) is 84.5 cm³/mol. The van der Waals surface area contributed by atoms with Gasteiger partial charge in [-0.15, -0.1) is 0 Å². The van der Waals surface area contributed by atoms with E-state index in [1.54, 1.807) is 13.0 Å². The fourth-order valence-electron chi connectivity index (χ4n) is 2.40. The number of phenols is 1. The molecule has 1 heterocycles. The van der Waals surface area contributed by atoms with Crippen molar-refractivity contribution in [2.24, 2.45) is 0 Å². The van der Waals surface area contributed by atoms with Gasteiger partial charge in [0.1, 0.15) is 5.76 Å². The summed E-state index contributed by atoms with van der Waals surface area (Å²) in [5.41, 5.74) is -0.149. The van der Waals surface area contributed by atoms with Crippen molar-refractivity contribution in [2.75, 3.05) is 14.2 Å². The van der Waals surface area contributed by atoms with Gasteiger partial charge in [0.05, 0.1) is 26.6 Å². The highest BCUT2D eigenvalue weighted by atomic mass is 16.5. The molecule has 1 aromatic carbocycles. The number of phenolic OH excluding ortho intramolecular Hbond substituents is 1. The van der Waals surface area contributed by atoms with E-state index >= 15 is 0 Å². The van der Waals surface area contributed by atoms with Crippen LogP contribution in [0.25, 0.3) is 0 Å². The van der Waals surface area contributed by atoms with Crippen LogP contribution >= 0.6 is 0 Å². The van der Waals surface area contributed by atoms with E-state index in [1.807, 2.05) is 0 Å². The first-order chi connectivity index (χ1) is 11.4. The van der Waals surface area contributed by atoms with Crippen molar-refractivity contribution < 1.29 is 28.9 Å². The van der Waals surface area contributed by atoms with Gasteiger partial charge in [0.15, 0.2) is 17.3 Å². The molecule has 7 heteroatoms. The number of benzene rings is 1. The lowest BCUT2D eigenvalue weighted by molar-refractivity contribution is -0.140. The highest BCUT2D eigenvalue weighted by Gasteiger charge is 2.27. The molecule has 0 unspecified atom stereocenters. The molecule has 2 rings (SSSR count). The van der Waals surface area contributed by atoms with E-state index in [-0.39, 0.29) is 23.7 Å². The van der Waals surface area contributed by atoms with Crippen molar-refractivity contribution in [3.63, 3.8) is 0 Å². The molecule has 0 saturated heterocycles. The van der Waals surface area contributed by atoms with E-state index in [0.29, 0.717) is 11.3 Å². The van der Waals surface area contributed by atoms with Crippen molar-refractivity contribution in [1.82, 2.24) is 0 Å². The summed E-state index contributed by atoms with van der Waals surface area (Å²) in [6.45, 7) is 1.56. The quantitative estimate of drug-likeness (QED) is 0.806. The minimum absolute atomic E-state index is 0.0602. The standard InChI is InChI=1S/C17H18O7/c1-9-6-13(19)16(21)17(24-9)11(8-15(20)23-3)10-4-5-14(22-2)12(18)7-10/h4-7,11,18,21H,8H2,1-3H3/t11-/m0/s1. The van der Waals surface area contributed by atoms with Crippen LogP contribution < -0.4 is 10.2 Å². The van der Waals surface area contributed by atoms with Gasteiger partial charge in [-0.25, -0.2) is 0 Å². The summed E-state index contributed by atoms with van der Waals surface area (Å²) < 4.78 is 15.1. The van der Waals surface area contributed by atoms with E-state index in [1.165, 1.54) is 26.4 Å². The summed E-state index contributed by atoms with van der Waals surface area (Å²) in [6, 6.07) is 5.65. The summed E-state index contributed by atoms with van der Waals surface area (Å²) in [4.78, 5) is 23.6. The van der Waals surface area contributed by atoms with Gasteiger partial charge in [-0.05, 0) is 24.6 Å². The smallest absolute Gasteiger partial charge is 0.306 e. The van der Waals surface area contributed by atoms with Gasteiger partial charge in [0, 0.05) is 6.07 Å². The Morgan fingerprint density at radius 1 is 1.25 bits per heavy atom. The normalized spacial score (nSPS) is 11.8. The average Bonchev–Trinajstić information content (AvgIpc) is 2.55. The maximum atomic E-state index is 11.8. The molecule has 1 aromatic heterocycles. The lowest BCUT2D eigenvalue weighted by Gasteiger charge is -2.17. The topological polar surface area (TPSA) is 106 Å². The summed E-state index contributed by atoms with van der Waals surface area (Å²) >= 11 is 0. The summed E-state index contributed by atoms with van der Waals surface area (Å²) in [5, 5.41) is 20.0. The van der Waals surface area contributed by atoms with Crippen LogP contribution in [-0.4, -0.2) is 30.4 Å². The van der Waals surface area contributed by atoms with Gasteiger partial charge in [0.2, 0.25) is 11.2 Å². The van der Waals surface area contributed by atoms with Crippen LogP contribution in [0.5, 0.6) is 17.2 Å². The maximum absolute atomic E-state index is 11.8. The van der Waals surface area contributed by atoms with Crippen molar-refractivity contribution in [3.8, 4) is 17.2 Å². The molecular formula is C17H18O7. The Labute approximate surface area is 138 Å². The average molecular weight is 334 g/mol. The first-order valence-electron chi connectivity index (χ1n) is 7.14. The zero-order valence-corrected chi connectivity index (χ0v) is 13.5. The monoisotopic (exact) mass is 334 g/mol. The van der Waals surface area contributed by atoms with Gasteiger partial charge >= 0.3 is 5.97 Å². The molecular weight excluding hydrogens is 316 g/mol. The number of esters is 1. The van der Waals surface area contributed by atoms with E-state index < -0.39 is 23.1 Å². The van der Waals surface area contributed by atoms with Gasteiger partial charge in [-0.3, -0.25) is 9.59 Å². The second kappa shape index (κ2) is 7.08. The van der Waals surface area contributed by atoms with Crippen LogP contribution in [0.3, 0.4) is 0 Å². The summed E-state index contributed by atoms with van der Waals surface area (Å²) in [6.07, 6.45) is -0.178. The van der Waals surface area contributed by atoms with E-state index in [9.17, 15) is 19.8 Å². The minimum atomic E-state index is -0.804. The third-order valence-corrected chi connectivity index (χ3v) is 3.59. The van der Waals surface area contributed by atoms with Crippen molar-refractivity contribution in [3.05, 3.63) is 51.6 Å². The highest BCUT2D eigenvalue weighted by molar-refractivity contribution is 5.71. The van der Waals surface area contributed by atoms with Crippen LogP contribution in [0.4, 0.5) is 0 Å². The second-order valence-corrected chi connectivity index (χ2v) is 5.20. The molecule has 0 aliphatic heterocycles. The van der Waals surface area contributed by atoms with Gasteiger partial charge < -0.3 is 24.1 Å². The molecule has 0 fully saturated rings. The molecule has 24 heavy (non-hydrogen) atoms. The number of ether oxygens (including phenoxy) is 2. The zero-order chi connectivity index (χ0) is 17.9. The first-order valence-corrected chi connectivity index (χ1v) is 7.14. The summed E-state index contributed by atoms with van der Waals surface area (Å²) in [7, 11) is 2.64. The molecule has 2 N–H and O–H groups in total. The van der Waals surface area contributed by atoms with Crippen molar-refractivity contribution >= 4 is 5.97 Å². The molecule has 7 nitrogen and oxygen atoms in total. The van der Waals surface area contributed by atoms with Crippen molar-refractivity contribution in [2.45, 2.75) is 19.3 Å². The zero-order valence-electron chi connectivity index (χ0n) is 13.5. The fourth-order valence-corrected chi connectivity index (χ4v) is 2.40. The first kappa shape index (κ1) is 17.4. The predicted octanol–water partition coefficient (Wildman–Crippen LogP) is 2.06. The van der Waals surface area contributed by atoms with Crippen molar-refractivity contribution in [1.29, 1.82) is 0 Å².